The SMILES string of the molecule is CC(C)C[C@H](NCc1ccccc1)c1ccccc1. The zero-order valence-electron chi connectivity index (χ0n) is 11.8. The van der Waals surface area contributed by atoms with Gasteiger partial charge in [0.25, 0.3) is 0 Å². The Kier molecular flexibility index (Phi) is 5.17. The molecule has 0 saturated carbocycles. The monoisotopic (exact) mass is 253 g/mol. The molecule has 1 atom stereocenters. The molecule has 19 heavy (non-hydrogen) atoms. The summed E-state index contributed by atoms with van der Waals surface area (Å²) in [6.45, 7) is 5.48. The second-order valence-corrected chi connectivity index (χ2v) is 5.46. The Bertz CT molecular complexity index is 462. The van der Waals surface area contributed by atoms with Gasteiger partial charge in [-0.05, 0) is 23.5 Å². The highest BCUT2D eigenvalue weighted by molar-refractivity contribution is 5.20. The lowest BCUT2D eigenvalue weighted by Gasteiger charge is -2.21. The molecule has 0 aliphatic heterocycles. The van der Waals surface area contributed by atoms with E-state index in [1.807, 2.05) is 0 Å². The summed E-state index contributed by atoms with van der Waals surface area (Å²) in [5.74, 6) is 0.688. The second kappa shape index (κ2) is 7.10. The van der Waals surface area contributed by atoms with Crippen molar-refractivity contribution in [1.82, 2.24) is 5.32 Å². The first kappa shape index (κ1) is 13.8. The van der Waals surface area contributed by atoms with Crippen molar-refractivity contribution in [2.45, 2.75) is 32.9 Å². The van der Waals surface area contributed by atoms with E-state index in [1.165, 1.54) is 11.1 Å². The minimum absolute atomic E-state index is 0.432. The topological polar surface area (TPSA) is 12.0 Å². The zero-order chi connectivity index (χ0) is 13.5. The summed E-state index contributed by atoms with van der Waals surface area (Å²) >= 11 is 0. The molecular weight excluding hydrogens is 230 g/mol. The molecule has 0 bridgehead atoms. The number of rotatable bonds is 6. The number of hydrogen-bond acceptors (Lipinski definition) is 1. The lowest BCUT2D eigenvalue weighted by Crippen LogP contribution is -2.22. The second-order valence-electron chi connectivity index (χ2n) is 5.46. The van der Waals surface area contributed by atoms with Gasteiger partial charge < -0.3 is 5.32 Å². The van der Waals surface area contributed by atoms with E-state index in [9.17, 15) is 0 Å². The van der Waals surface area contributed by atoms with E-state index >= 15 is 0 Å². The fraction of sp³-hybridized carbons (Fsp3) is 0.333. The third kappa shape index (κ3) is 4.53. The van der Waals surface area contributed by atoms with Crippen LogP contribution < -0.4 is 5.32 Å². The number of benzene rings is 2. The summed E-state index contributed by atoms with van der Waals surface area (Å²) in [5.41, 5.74) is 2.72. The summed E-state index contributed by atoms with van der Waals surface area (Å²) in [5, 5.41) is 3.68. The Balaban J connectivity index is 2.02. The van der Waals surface area contributed by atoms with Crippen LogP contribution in [-0.4, -0.2) is 0 Å². The van der Waals surface area contributed by atoms with Gasteiger partial charge in [-0.2, -0.15) is 0 Å². The minimum Gasteiger partial charge on any atom is -0.306 e. The number of hydrogen-bond donors (Lipinski definition) is 1. The van der Waals surface area contributed by atoms with Crippen LogP contribution in [0.4, 0.5) is 0 Å². The molecular formula is C18H23N. The van der Waals surface area contributed by atoms with Crippen LogP contribution in [0, 0.1) is 5.92 Å². The third-order valence-corrected chi connectivity index (χ3v) is 3.30. The van der Waals surface area contributed by atoms with E-state index in [1.54, 1.807) is 0 Å². The first-order valence-electron chi connectivity index (χ1n) is 7.08. The molecule has 1 N–H and O–H groups in total. The van der Waals surface area contributed by atoms with E-state index in [0.29, 0.717) is 12.0 Å². The molecule has 100 valence electrons. The zero-order valence-corrected chi connectivity index (χ0v) is 11.8. The Hall–Kier alpha value is -1.60. The van der Waals surface area contributed by atoms with Crippen molar-refractivity contribution in [2.24, 2.45) is 5.92 Å². The van der Waals surface area contributed by atoms with Crippen LogP contribution in [0.5, 0.6) is 0 Å². The molecule has 1 heteroatoms. The van der Waals surface area contributed by atoms with E-state index in [4.69, 9.17) is 0 Å². The molecule has 1 nitrogen and oxygen atoms in total. The van der Waals surface area contributed by atoms with Gasteiger partial charge in [0.2, 0.25) is 0 Å². The third-order valence-electron chi connectivity index (χ3n) is 3.30. The quantitative estimate of drug-likeness (QED) is 0.795. The smallest absolute Gasteiger partial charge is 0.0325 e. The first-order chi connectivity index (χ1) is 9.25. The van der Waals surface area contributed by atoms with Gasteiger partial charge in [0, 0.05) is 12.6 Å². The highest BCUT2D eigenvalue weighted by Gasteiger charge is 2.12. The van der Waals surface area contributed by atoms with Crippen LogP contribution in [0.15, 0.2) is 60.7 Å². The standard InChI is InChI=1S/C18H23N/c1-15(2)13-18(17-11-7-4-8-12-17)19-14-16-9-5-3-6-10-16/h3-12,15,18-19H,13-14H2,1-2H3/t18-/m0/s1. The van der Waals surface area contributed by atoms with E-state index in [0.717, 1.165) is 13.0 Å². The van der Waals surface area contributed by atoms with Crippen LogP contribution in [-0.2, 0) is 6.54 Å². The number of nitrogens with one attached hydrogen (secondary N) is 1. The van der Waals surface area contributed by atoms with Crippen molar-refractivity contribution < 1.29 is 0 Å². The Morgan fingerprint density at radius 3 is 2.00 bits per heavy atom. The minimum atomic E-state index is 0.432. The lowest BCUT2D eigenvalue weighted by molar-refractivity contribution is 0.428. The molecule has 2 aromatic carbocycles. The summed E-state index contributed by atoms with van der Waals surface area (Å²) in [6, 6.07) is 21.8. The van der Waals surface area contributed by atoms with Gasteiger partial charge in [-0.25, -0.2) is 0 Å². The van der Waals surface area contributed by atoms with Crippen molar-refractivity contribution in [3.05, 3.63) is 71.8 Å². The van der Waals surface area contributed by atoms with Gasteiger partial charge in [0.15, 0.2) is 0 Å². The van der Waals surface area contributed by atoms with Crippen LogP contribution in [0.2, 0.25) is 0 Å². The summed E-state index contributed by atoms with van der Waals surface area (Å²) in [7, 11) is 0. The maximum Gasteiger partial charge on any atom is 0.0325 e. The lowest BCUT2D eigenvalue weighted by atomic mass is 9.97. The van der Waals surface area contributed by atoms with Gasteiger partial charge in [-0.3, -0.25) is 0 Å². The molecule has 2 rings (SSSR count). The summed E-state index contributed by atoms with van der Waals surface area (Å²) < 4.78 is 0. The molecule has 0 aliphatic carbocycles. The predicted octanol–water partition coefficient (Wildman–Crippen LogP) is 4.56. The molecule has 0 saturated heterocycles. The molecule has 0 amide bonds. The molecule has 2 aromatic rings. The fourth-order valence-corrected chi connectivity index (χ4v) is 2.33. The normalized spacial score (nSPS) is 12.6. The molecule has 0 spiro atoms. The average molecular weight is 253 g/mol. The Morgan fingerprint density at radius 2 is 1.42 bits per heavy atom. The van der Waals surface area contributed by atoms with Crippen molar-refractivity contribution >= 4 is 0 Å². The van der Waals surface area contributed by atoms with Gasteiger partial charge in [-0.1, -0.05) is 74.5 Å². The van der Waals surface area contributed by atoms with Gasteiger partial charge in [0.1, 0.15) is 0 Å². The molecule has 0 aromatic heterocycles. The fourth-order valence-electron chi connectivity index (χ4n) is 2.33. The van der Waals surface area contributed by atoms with Crippen molar-refractivity contribution in [3.63, 3.8) is 0 Å². The largest absolute Gasteiger partial charge is 0.306 e. The molecule has 0 heterocycles. The predicted molar refractivity (Wildman–Crippen MR) is 81.9 cm³/mol. The first-order valence-corrected chi connectivity index (χ1v) is 7.08. The highest BCUT2D eigenvalue weighted by atomic mass is 14.9. The summed E-state index contributed by atoms with van der Waals surface area (Å²) in [6.07, 6.45) is 1.16. The van der Waals surface area contributed by atoms with Crippen LogP contribution in [0.3, 0.4) is 0 Å². The maximum atomic E-state index is 3.68. The van der Waals surface area contributed by atoms with Gasteiger partial charge >= 0.3 is 0 Å². The van der Waals surface area contributed by atoms with Crippen molar-refractivity contribution in [1.29, 1.82) is 0 Å². The van der Waals surface area contributed by atoms with E-state index < -0.39 is 0 Å². The molecule has 0 fully saturated rings. The van der Waals surface area contributed by atoms with Gasteiger partial charge in [-0.15, -0.1) is 0 Å². The van der Waals surface area contributed by atoms with Crippen molar-refractivity contribution in [2.75, 3.05) is 0 Å². The Morgan fingerprint density at radius 1 is 0.842 bits per heavy atom. The van der Waals surface area contributed by atoms with Gasteiger partial charge in [0.05, 0.1) is 0 Å². The maximum absolute atomic E-state index is 3.68. The van der Waals surface area contributed by atoms with Crippen LogP contribution in [0.25, 0.3) is 0 Å². The van der Waals surface area contributed by atoms with Crippen LogP contribution in [0.1, 0.15) is 37.4 Å². The molecule has 0 aliphatic rings. The van der Waals surface area contributed by atoms with E-state index in [2.05, 4.69) is 79.8 Å². The Labute approximate surface area is 116 Å². The van der Waals surface area contributed by atoms with Crippen molar-refractivity contribution in [3.8, 4) is 0 Å². The average Bonchev–Trinajstić information content (AvgIpc) is 2.45. The van der Waals surface area contributed by atoms with E-state index in [-0.39, 0.29) is 0 Å². The molecule has 0 radical (unpaired) electrons. The van der Waals surface area contributed by atoms with Crippen LogP contribution >= 0.6 is 0 Å². The summed E-state index contributed by atoms with van der Waals surface area (Å²) in [4.78, 5) is 0. The molecule has 0 unspecified atom stereocenters. The highest BCUT2D eigenvalue weighted by Crippen LogP contribution is 2.21.